The van der Waals surface area contributed by atoms with E-state index in [1.165, 1.54) is 17.7 Å². The largest absolute Gasteiger partial charge is 0.511 e. The average molecular weight is 522 g/mol. The van der Waals surface area contributed by atoms with Crippen molar-refractivity contribution >= 4 is 28.4 Å². The van der Waals surface area contributed by atoms with Crippen molar-refractivity contribution in [3.63, 3.8) is 0 Å². The molecule has 1 heterocycles. The van der Waals surface area contributed by atoms with Crippen LogP contribution in [0.3, 0.4) is 0 Å². The third-order valence-electron chi connectivity index (χ3n) is 6.51. The van der Waals surface area contributed by atoms with Gasteiger partial charge < -0.3 is 20.1 Å². The number of phenolic OH excluding ortho intramolecular Hbond substituents is 1. The molecule has 0 aliphatic carbocycles. The van der Waals surface area contributed by atoms with Crippen molar-refractivity contribution in [3.8, 4) is 34.2 Å². The molecular weight excluding hydrogens is 494 g/mol. The van der Waals surface area contributed by atoms with Crippen molar-refractivity contribution in [2.75, 3.05) is 0 Å². The Hall–Kier alpha value is -5.11. The topological polar surface area (TPSA) is 117 Å². The molecule has 5 aromatic rings. The zero-order valence-corrected chi connectivity index (χ0v) is 21.7. The van der Waals surface area contributed by atoms with Gasteiger partial charge >= 0.3 is 6.16 Å². The van der Waals surface area contributed by atoms with Crippen molar-refractivity contribution in [1.29, 1.82) is 0 Å². The Morgan fingerprint density at radius 3 is 2.36 bits per heavy atom. The maximum Gasteiger partial charge on any atom is 0.511 e. The Labute approximate surface area is 225 Å². The fourth-order valence-corrected chi connectivity index (χ4v) is 4.52. The van der Waals surface area contributed by atoms with Crippen LogP contribution in [0.5, 0.6) is 17.4 Å². The normalized spacial score (nSPS) is 11.5. The molecule has 0 unspecified atom stereocenters. The minimum Gasteiger partial charge on any atom is -0.505 e. The Balaban J connectivity index is 1.57. The number of benzene rings is 4. The summed E-state index contributed by atoms with van der Waals surface area (Å²) in [5.41, 5.74) is 5.20. The second kappa shape index (κ2) is 10.3. The lowest BCUT2D eigenvalue weighted by atomic mass is 10.0. The van der Waals surface area contributed by atoms with Gasteiger partial charge in [-0.2, -0.15) is 0 Å². The van der Waals surface area contributed by atoms with Gasteiger partial charge in [-0.25, -0.2) is 4.79 Å². The number of fused-ring (bicyclic) bond motifs is 1. The van der Waals surface area contributed by atoms with Gasteiger partial charge in [-0.1, -0.05) is 61.9 Å². The maximum atomic E-state index is 11.3. The van der Waals surface area contributed by atoms with E-state index in [1.807, 2.05) is 49.4 Å². The number of ether oxygens (including phenoxy) is 1. The number of phenols is 1. The fraction of sp³-hybridized carbons (Fsp3) is 0.129. The van der Waals surface area contributed by atoms with Gasteiger partial charge in [0, 0.05) is 16.6 Å². The van der Waals surface area contributed by atoms with Crippen LogP contribution in [0.25, 0.3) is 27.7 Å². The minimum atomic E-state index is -1.43. The van der Waals surface area contributed by atoms with E-state index in [4.69, 9.17) is 9.84 Å². The number of azo groups is 1. The molecule has 3 N–H and O–H groups in total. The molecule has 1 aromatic heterocycles. The van der Waals surface area contributed by atoms with Crippen LogP contribution in [0.15, 0.2) is 95.2 Å². The number of aryl methyl sites for hydroxylation is 1. The number of nitrogens with zero attached hydrogens (tertiary/aromatic N) is 3. The Morgan fingerprint density at radius 2 is 1.64 bits per heavy atom. The summed E-state index contributed by atoms with van der Waals surface area (Å²) in [5, 5.41) is 40.6. The van der Waals surface area contributed by atoms with E-state index in [1.54, 1.807) is 34.9 Å². The number of hydrogen-bond acceptors (Lipinski definition) is 6. The summed E-state index contributed by atoms with van der Waals surface area (Å²) in [7, 11) is 0. The van der Waals surface area contributed by atoms with E-state index < -0.39 is 6.16 Å². The lowest BCUT2D eigenvalue weighted by Gasteiger charge is -2.10. The highest BCUT2D eigenvalue weighted by Crippen LogP contribution is 2.44. The van der Waals surface area contributed by atoms with E-state index in [0.717, 1.165) is 22.2 Å². The molecule has 0 aliphatic rings. The lowest BCUT2D eigenvalue weighted by molar-refractivity contribution is 0.144. The van der Waals surface area contributed by atoms with E-state index in [0.29, 0.717) is 17.0 Å². The number of carboxylic acid groups (broad SMARTS) is 1. The molecule has 0 saturated carbocycles. The molecule has 39 heavy (non-hydrogen) atoms. The van der Waals surface area contributed by atoms with Gasteiger partial charge in [-0.05, 0) is 66.4 Å². The molecule has 8 nitrogen and oxygen atoms in total. The first-order valence-electron chi connectivity index (χ1n) is 12.4. The molecule has 0 aliphatic heterocycles. The zero-order chi connectivity index (χ0) is 27.7. The van der Waals surface area contributed by atoms with Gasteiger partial charge in [0.25, 0.3) is 0 Å². The highest BCUT2D eigenvalue weighted by atomic mass is 16.7. The Kier molecular flexibility index (Phi) is 6.77. The van der Waals surface area contributed by atoms with Gasteiger partial charge in [-0.3, -0.25) is 4.57 Å². The zero-order valence-electron chi connectivity index (χ0n) is 21.7. The van der Waals surface area contributed by atoms with Crippen LogP contribution in [0.2, 0.25) is 0 Å². The van der Waals surface area contributed by atoms with Crippen LogP contribution in [0, 0.1) is 6.92 Å². The highest BCUT2D eigenvalue weighted by Gasteiger charge is 2.19. The van der Waals surface area contributed by atoms with Gasteiger partial charge in [0.15, 0.2) is 11.4 Å². The van der Waals surface area contributed by atoms with Crippen molar-refractivity contribution in [1.82, 2.24) is 4.57 Å². The second-order valence-corrected chi connectivity index (χ2v) is 9.54. The molecule has 0 atom stereocenters. The maximum absolute atomic E-state index is 11.3. The first-order valence-corrected chi connectivity index (χ1v) is 12.4. The third-order valence-corrected chi connectivity index (χ3v) is 6.51. The van der Waals surface area contributed by atoms with Gasteiger partial charge in [0.05, 0.1) is 5.52 Å². The summed E-state index contributed by atoms with van der Waals surface area (Å²) in [6.07, 6.45) is -1.43. The molecular formula is C31H27N3O5. The quantitative estimate of drug-likeness (QED) is 0.117. The Bertz CT molecular complexity index is 1720. The van der Waals surface area contributed by atoms with Crippen LogP contribution in [0.4, 0.5) is 16.2 Å². The standard InChI is InChI=1S/C31H27N3O5/c1-18(2)20-11-13-22(14-12-20)34-27-15-10-19(3)16-25(27)28(30(34)36)33-32-26-9-5-8-24(29(26)35)21-6-4-7-23(17-21)39-31(37)38/h4-18,35-36H,1-3H3,(H,37,38). The SMILES string of the molecule is Cc1ccc2c(c1)c(N=Nc1cccc(-c3cccc(OC(=O)O)c3)c1O)c(O)n2-c1ccc(C(C)C)cc1. The smallest absolute Gasteiger partial charge is 0.505 e. The van der Waals surface area contributed by atoms with Crippen LogP contribution in [0.1, 0.15) is 30.9 Å². The number of rotatable bonds is 6. The molecule has 196 valence electrons. The predicted octanol–water partition coefficient (Wildman–Crippen LogP) is 8.61. The lowest BCUT2D eigenvalue weighted by Crippen LogP contribution is -2.02. The monoisotopic (exact) mass is 521 g/mol. The number of para-hydroxylation sites is 1. The summed E-state index contributed by atoms with van der Waals surface area (Å²) >= 11 is 0. The molecule has 0 spiro atoms. The van der Waals surface area contributed by atoms with Crippen molar-refractivity contribution < 1.29 is 24.9 Å². The van der Waals surface area contributed by atoms with Gasteiger partial charge in [0.1, 0.15) is 11.4 Å². The number of carbonyl (C=O) groups is 1. The predicted molar refractivity (Wildman–Crippen MR) is 150 cm³/mol. The van der Waals surface area contributed by atoms with Crippen LogP contribution in [-0.4, -0.2) is 26.0 Å². The number of aromatic hydroxyl groups is 2. The van der Waals surface area contributed by atoms with Crippen molar-refractivity contribution in [2.24, 2.45) is 10.2 Å². The molecule has 8 heteroatoms. The summed E-state index contributed by atoms with van der Waals surface area (Å²) in [4.78, 5) is 10.9. The molecule has 0 bridgehead atoms. The summed E-state index contributed by atoms with van der Waals surface area (Å²) in [6.45, 7) is 6.22. The van der Waals surface area contributed by atoms with E-state index >= 15 is 0 Å². The van der Waals surface area contributed by atoms with Crippen LogP contribution in [-0.2, 0) is 0 Å². The minimum absolute atomic E-state index is 0.0641. The summed E-state index contributed by atoms with van der Waals surface area (Å²) < 4.78 is 6.47. The molecule has 0 saturated heterocycles. The fourth-order valence-electron chi connectivity index (χ4n) is 4.52. The first-order chi connectivity index (χ1) is 18.7. The molecule has 5 rings (SSSR count). The number of hydrogen-bond donors (Lipinski definition) is 3. The van der Waals surface area contributed by atoms with Crippen LogP contribution < -0.4 is 4.74 Å². The Morgan fingerprint density at radius 1 is 0.897 bits per heavy atom. The van der Waals surface area contributed by atoms with Gasteiger partial charge in [0.2, 0.25) is 5.88 Å². The summed E-state index contributed by atoms with van der Waals surface area (Å²) in [5.74, 6) is 0.306. The van der Waals surface area contributed by atoms with Crippen molar-refractivity contribution in [3.05, 3.63) is 96.1 Å². The van der Waals surface area contributed by atoms with Gasteiger partial charge in [-0.15, -0.1) is 10.2 Å². The second-order valence-electron chi connectivity index (χ2n) is 9.54. The molecule has 0 amide bonds. The highest BCUT2D eigenvalue weighted by molar-refractivity contribution is 5.97. The first kappa shape index (κ1) is 25.5. The number of aromatic nitrogens is 1. The van der Waals surface area contributed by atoms with Crippen LogP contribution >= 0.6 is 0 Å². The van der Waals surface area contributed by atoms with E-state index in [9.17, 15) is 15.0 Å². The molecule has 4 aromatic carbocycles. The average Bonchev–Trinajstić information content (AvgIpc) is 3.18. The molecule has 0 fully saturated rings. The van der Waals surface area contributed by atoms with Crippen molar-refractivity contribution in [2.45, 2.75) is 26.7 Å². The third kappa shape index (κ3) is 5.04. The molecule has 0 radical (unpaired) electrons. The van der Waals surface area contributed by atoms with E-state index in [-0.39, 0.29) is 28.8 Å². The van der Waals surface area contributed by atoms with E-state index in [2.05, 4.69) is 24.1 Å². The summed E-state index contributed by atoms with van der Waals surface area (Å²) in [6, 6.07) is 25.2.